The summed E-state index contributed by atoms with van der Waals surface area (Å²) < 4.78 is 0. The third-order valence-electron chi connectivity index (χ3n) is 1.76. The predicted molar refractivity (Wildman–Crippen MR) is 48.1 cm³/mol. The van der Waals surface area contributed by atoms with Crippen LogP contribution in [0.25, 0.3) is 0 Å². The van der Waals surface area contributed by atoms with Gasteiger partial charge in [-0.15, -0.1) is 0 Å². The highest BCUT2D eigenvalue weighted by molar-refractivity contribution is 7.79. The summed E-state index contributed by atoms with van der Waals surface area (Å²) in [7, 11) is 0. The minimum Gasteiger partial charge on any atom is -0.506 e. The third-order valence-corrected chi connectivity index (χ3v) is 2.10. The van der Waals surface area contributed by atoms with Crippen molar-refractivity contribution in [2.45, 2.75) is 19.6 Å². The van der Waals surface area contributed by atoms with E-state index >= 15 is 0 Å². The zero-order valence-electron chi connectivity index (χ0n) is 6.63. The lowest BCUT2D eigenvalue weighted by molar-refractivity contribution is 0.462. The van der Waals surface area contributed by atoms with Gasteiger partial charge in [-0.3, -0.25) is 4.98 Å². The van der Waals surface area contributed by atoms with Gasteiger partial charge in [0.15, 0.2) is 0 Å². The predicted octanol–water partition coefficient (Wildman–Crippen LogP) is 1.83. The van der Waals surface area contributed by atoms with E-state index in [0.29, 0.717) is 11.4 Å². The molecule has 60 valence electrons. The molecule has 0 atom stereocenters. The van der Waals surface area contributed by atoms with E-state index in [1.54, 1.807) is 13.1 Å². The summed E-state index contributed by atoms with van der Waals surface area (Å²) in [6.07, 6.45) is 1.75. The normalized spacial score (nSPS) is 10.1. The third kappa shape index (κ3) is 1.48. The average molecular weight is 169 g/mol. The van der Waals surface area contributed by atoms with Crippen LogP contribution in [0.2, 0.25) is 0 Å². The van der Waals surface area contributed by atoms with Gasteiger partial charge < -0.3 is 5.11 Å². The van der Waals surface area contributed by atoms with Crippen LogP contribution in [-0.4, -0.2) is 10.1 Å². The molecule has 1 aromatic rings. The molecule has 1 N–H and O–H groups in total. The van der Waals surface area contributed by atoms with Crippen molar-refractivity contribution < 1.29 is 5.11 Å². The van der Waals surface area contributed by atoms with Crippen LogP contribution in [0.3, 0.4) is 0 Å². The van der Waals surface area contributed by atoms with Crippen molar-refractivity contribution in [3.05, 3.63) is 23.0 Å². The summed E-state index contributed by atoms with van der Waals surface area (Å²) in [6.45, 7) is 3.65. The van der Waals surface area contributed by atoms with Gasteiger partial charge in [-0.25, -0.2) is 0 Å². The van der Waals surface area contributed by atoms with Crippen LogP contribution < -0.4 is 0 Å². The minimum absolute atomic E-state index is 0.288. The Morgan fingerprint density at radius 2 is 2.18 bits per heavy atom. The van der Waals surface area contributed by atoms with Gasteiger partial charge in [0, 0.05) is 11.9 Å². The van der Waals surface area contributed by atoms with E-state index < -0.39 is 0 Å². The van der Waals surface area contributed by atoms with Gasteiger partial charge in [0.1, 0.15) is 5.75 Å². The molecule has 1 aromatic heterocycles. The Bertz CT molecular complexity index is 273. The molecule has 0 fully saturated rings. The first-order valence-electron chi connectivity index (χ1n) is 3.41. The molecule has 0 spiro atoms. The van der Waals surface area contributed by atoms with Crippen molar-refractivity contribution in [3.8, 4) is 5.75 Å². The fourth-order valence-electron chi connectivity index (χ4n) is 0.916. The zero-order valence-corrected chi connectivity index (χ0v) is 7.52. The minimum atomic E-state index is 0.288. The Morgan fingerprint density at radius 1 is 1.55 bits per heavy atom. The highest BCUT2D eigenvalue weighted by atomic mass is 32.1. The van der Waals surface area contributed by atoms with Gasteiger partial charge >= 0.3 is 0 Å². The molecule has 0 amide bonds. The lowest BCUT2D eigenvalue weighted by Gasteiger charge is -2.05. The van der Waals surface area contributed by atoms with E-state index in [9.17, 15) is 5.11 Å². The number of nitrogens with zero attached hydrogens (tertiary/aromatic N) is 1. The van der Waals surface area contributed by atoms with Crippen LogP contribution in [-0.2, 0) is 5.75 Å². The summed E-state index contributed by atoms with van der Waals surface area (Å²) in [6, 6.07) is 0. The largest absolute Gasteiger partial charge is 0.506 e. The SMILES string of the molecule is Cc1ncc(CS)c(C)c1O. The van der Waals surface area contributed by atoms with Crippen LogP contribution in [0.1, 0.15) is 16.8 Å². The summed E-state index contributed by atoms with van der Waals surface area (Å²) in [4.78, 5) is 4.01. The summed E-state index contributed by atoms with van der Waals surface area (Å²) in [5.41, 5.74) is 2.54. The molecule has 0 aliphatic heterocycles. The quantitative estimate of drug-likeness (QED) is 0.629. The summed E-state index contributed by atoms with van der Waals surface area (Å²) in [5.74, 6) is 0.906. The number of aromatic nitrogens is 1. The first kappa shape index (κ1) is 8.40. The number of aryl methyl sites for hydroxylation is 1. The molecule has 11 heavy (non-hydrogen) atoms. The Morgan fingerprint density at radius 3 is 2.73 bits per heavy atom. The maximum atomic E-state index is 9.42. The monoisotopic (exact) mass is 169 g/mol. The highest BCUT2D eigenvalue weighted by Gasteiger charge is 2.04. The van der Waals surface area contributed by atoms with Crippen LogP contribution in [0.15, 0.2) is 6.20 Å². The molecule has 0 unspecified atom stereocenters. The first-order chi connectivity index (χ1) is 5.16. The number of pyridine rings is 1. The first-order valence-corrected chi connectivity index (χ1v) is 4.05. The van der Waals surface area contributed by atoms with Gasteiger partial charge in [-0.2, -0.15) is 12.6 Å². The molecule has 1 heterocycles. The van der Waals surface area contributed by atoms with Gasteiger partial charge in [-0.1, -0.05) is 0 Å². The number of aromatic hydroxyl groups is 1. The maximum absolute atomic E-state index is 9.42. The maximum Gasteiger partial charge on any atom is 0.139 e. The van der Waals surface area contributed by atoms with E-state index in [0.717, 1.165) is 11.1 Å². The molecule has 0 aliphatic rings. The molecule has 0 aliphatic carbocycles. The fraction of sp³-hybridized carbons (Fsp3) is 0.375. The molecular formula is C8H11NOS. The average Bonchev–Trinajstić information content (AvgIpc) is 2.01. The molecule has 0 saturated carbocycles. The van der Waals surface area contributed by atoms with E-state index in [2.05, 4.69) is 17.6 Å². The lowest BCUT2D eigenvalue weighted by atomic mass is 10.1. The number of hydrogen-bond donors (Lipinski definition) is 2. The molecule has 3 heteroatoms. The Hall–Kier alpha value is -0.700. The van der Waals surface area contributed by atoms with E-state index in [1.807, 2.05) is 6.92 Å². The van der Waals surface area contributed by atoms with Crippen LogP contribution >= 0.6 is 12.6 Å². The van der Waals surface area contributed by atoms with E-state index in [-0.39, 0.29) is 5.75 Å². The number of hydrogen-bond acceptors (Lipinski definition) is 3. The molecule has 0 radical (unpaired) electrons. The molecule has 0 aromatic carbocycles. The van der Waals surface area contributed by atoms with Crippen LogP contribution in [0.4, 0.5) is 0 Å². The Kier molecular flexibility index (Phi) is 2.39. The zero-order chi connectivity index (χ0) is 8.43. The van der Waals surface area contributed by atoms with Gasteiger partial charge in [-0.05, 0) is 25.0 Å². The van der Waals surface area contributed by atoms with Crippen molar-refractivity contribution in [1.82, 2.24) is 4.98 Å². The second-order valence-corrected chi connectivity index (χ2v) is 2.82. The summed E-state index contributed by atoms with van der Waals surface area (Å²) >= 11 is 4.11. The fourth-order valence-corrected chi connectivity index (χ4v) is 1.23. The molecule has 1 rings (SSSR count). The van der Waals surface area contributed by atoms with Crippen molar-refractivity contribution in [1.29, 1.82) is 0 Å². The molecular weight excluding hydrogens is 158 g/mol. The number of thiol groups is 1. The van der Waals surface area contributed by atoms with Crippen LogP contribution in [0.5, 0.6) is 5.75 Å². The smallest absolute Gasteiger partial charge is 0.139 e. The van der Waals surface area contributed by atoms with Gasteiger partial charge in [0.05, 0.1) is 5.69 Å². The van der Waals surface area contributed by atoms with Crippen molar-refractivity contribution in [2.75, 3.05) is 0 Å². The molecule has 2 nitrogen and oxygen atoms in total. The molecule has 0 bridgehead atoms. The standard InChI is InChI=1S/C8H11NOS/c1-5-7(4-11)3-9-6(2)8(5)10/h3,10-11H,4H2,1-2H3. The van der Waals surface area contributed by atoms with Gasteiger partial charge in [0.25, 0.3) is 0 Å². The van der Waals surface area contributed by atoms with Crippen LogP contribution in [0, 0.1) is 13.8 Å². The van der Waals surface area contributed by atoms with E-state index in [4.69, 9.17) is 0 Å². The summed E-state index contributed by atoms with van der Waals surface area (Å²) in [5, 5.41) is 9.42. The lowest BCUT2D eigenvalue weighted by Crippen LogP contribution is -1.91. The van der Waals surface area contributed by atoms with Crippen molar-refractivity contribution >= 4 is 12.6 Å². The van der Waals surface area contributed by atoms with Crippen molar-refractivity contribution in [3.63, 3.8) is 0 Å². The topological polar surface area (TPSA) is 33.1 Å². The second kappa shape index (κ2) is 3.13. The molecule has 0 saturated heterocycles. The highest BCUT2D eigenvalue weighted by Crippen LogP contribution is 2.22. The Balaban J connectivity index is 3.25. The Labute approximate surface area is 71.7 Å². The van der Waals surface area contributed by atoms with Crippen molar-refractivity contribution in [2.24, 2.45) is 0 Å². The number of rotatable bonds is 1. The van der Waals surface area contributed by atoms with Gasteiger partial charge in [0.2, 0.25) is 0 Å². The van der Waals surface area contributed by atoms with E-state index in [1.165, 1.54) is 0 Å². The second-order valence-electron chi connectivity index (χ2n) is 2.50.